The Morgan fingerprint density at radius 2 is 1.80 bits per heavy atom. The van der Waals surface area contributed by atoms with Gasteiger partial charge in [0.25, 0.3) is 5.56 Å². The molecule has 204 valence electrons. The number of nitrogens with two attached hydrogens (primary N) is 1. The van der Waals surface area contributed by atoms with Gasteiger partial charge in [-0.1, -0.05) is 30.5 Å². The normalized spacial score (nSPS) is 16.1. The van der Waals surface area contributed by atoms with E-state index in [-0.39, 0.29) is 17.5 Å². The average molecular weight is 557 g/mol. The highest BCUT2D eigenvalue weighted by molar-refractivity contribution is 6.31. The van der Waals surface area contributed by atoms with Crippen molar-refractivity contribution >= 4 is 57.5 Å². The lowest BCUT2D eigenvalue weighted by atomic mass is 10.0. The lowest BCUT2D eigenvalue weighted by molar-refractivity contribution is -0.133. The van der Waals surface area contributed by atoms with Crippen LogP contribution in [0.2, 0.25) is 5.02 Å². The van der Waals surface area contributed by atoms with Crippen LogP contribution in [0.15, 0.2) is 65.6 Å². The Morgan fingerprint density at radius 3 is 2.45 bits per heavy atom. The van der Waals surface area contributed by atoms with Gasteiger partial charge in [0.15, 0.2) is 0 Å². The smallest absolute Gasteiger partial charge is 0.252 e. The number of aryl methyl sites for hydroxylation is 1. The molecule has 10 heteroatoms. The molecule has 0 atom stereocenters. The van der Waals surface area contributed by atoms with E-state index in [0.29, 0.717) is 46.5 Å². The van der Waals surface area contributed by atoms with E-state index >= 15 is 0 Å². The molecule has 0 unspecified atom stereocenters. The fraction of sp³-hybridized carbons (Fsp3) is 0.300. The van der Waals surface area contributed by atoms with Crippen LogP contribution >= 0.6 is 11.6 Å². The van der Waals surface area contributed by atoms with Gasteiger partial charge >= 0.3 is 0 Å². The zero-order valence-corrected chi connectivity index (χ0v) is 22.8. The number of pyridine rings is 1. The Balaban J connectivity index is 1.33. The number of halogens is 1. The number of nitrogens with zero attached hydrogens (tertiary/aromatic N) is 4. The van der Waals surface area contributed by atoms with Gasteiger partial charge < -0.3 is 11.1 Å². The molecule has 9 nitrogen and oxygen atoms in total. The second kappa shape index (κ2) is 10.1. The van der Waals surface area contributed by atoms with E-state index < -0.39 is 11.3 Å². The Bertz CT molecular complexity index is 1690. The Morgan fingerprint density at radius 1 is 1.07 bits per heavy atom. The summed E-state index contributed by atoms with van der Waals surface area (Å²) in [6.07, 6.45) is 6.72. The van der Waals surface area contributed by atoms with Crippen molar-refractivity contribution in [1.82, 2.24) is 14.5 Å². The average Bonchev–Trinajstić information content (AvgIpc) is 3.59. The van der Waals surface area contributed by atoms with E-state index in [1.807, 2.05) is 11.5 Å². The van der Waals surface area contributed by atoms with Crippen molar-refractivity contribution in [3.8, 4) is 0 Å². The van der Waals surface area contributed by atoms with Crippen LogP contribution in [-0.4, -0.2) is 26.3 Å². The van der Waals surface area contributed by atoms with E-state index in [4.69, 9.17) is 22.3 Å². The van der Waals surface area contributed by atoms with Crippen molar-refractivity contribution in [1.29, 1.82) is 0 Å². The fourth-order valence-electron chi connectivity index (χ4n) is 5.57. The number of fused-ring (bicyclic) bond motifs is 1. The molecule has 2 aromatic heterocycles. The maximum atomic E-state index is 13.6. The largest absolute Gasteiger partial charge is 0.369 e. The molecular formula is C30H29ClN6O3. The predicted molar refractivity (Wildman–Crippen MR) is 155 cm³/mol. The van der Waals surface area contributed by atoms with Gasteiger partial charge in [-0.05, 0) is 80.6 Å². The van der Waals surface area contributed by atoms with Crippen molar-refractivity contribution < 1.29 is 9.59 Å². The molecule has 0 saturated heterocycles. The molecule has 0 radical (unpaired) electrons. The van der Waals surface area contributed by atoms with Crippen LogP contribution < -0.4 is 21.5 Å². The van der Waals surface area contributed by atoms with E-state index in [1.54, 1.807) is 60.8 Å². The first-order valence-corrected chi connectivity index (χ1v) is 13.8. The van der Waals surface area contributed by atoms with E-state index in [1.165, 1.54) is 4.90 Å². The minimum Gasteiger partial charge on any atom is -0.369 e. The Hall–Kier alpha value is -4.24. The number of carbonyl (C=O) groups is 2. The van der Waals surface area contributed by atoms with Crippen LogP contribution in [0.3, 0.4) is 0 Å². The van der Waals surface area contributed by atoms with Crippen molar-refractivity contribution in [3.05, 3.63) is 81.7 Å². The van der Waals surface area contributed by atoms with Crippen molar-refractivity contribution in [2.24, 2.45) is 11.1 Å². The molecule has 2 amide bonds. The highest BCUT2D eigenvalue weighted by atomic mass is 35.5. The molecule has 2 heterocycles. The third kappa shape index (κ3) is 4.60. The van der Waals surface area contributed by atoms with Crippen molar-refractivity contribution in [3.63, 3.8) is 0 Å². The monoisotopic (exact) mass is 556 g/mol. The Kier molecular flexibility index (Phi) is 6.54. The summed E-state index contributed by atoms with van der Waals surface area (Å²) in [5, 5.41) is 4.54. The molecule has 0 spiro atoms. The molecule has 4 aromatic rings. The summed E-state index contributed by atoms with van der Waals surface area (Å²) in [4.78, 5) is 49.4. The number of anilines is 4. The summed E-state index contributed by atoms with van der Waals surface area (Å²) in [6, 6.07) is 15.9. The molecule has 3 N–H and O–H groups in total. The van der Waals surface area contributed by atoms with Crippen LogP contribution in [0.1, 0.15) is 50.1 Å². The Labute approximate surface area is 236 Å². The van der Waals surface area contributed by atoms with E-state index in [9.17, 15) is 14.4 Å². The summed E-state index contributed by atoms with van der Waals surface area (Å²) in [5.41, 5.74) is 7.66. The zero-order valence-electron chi connectivity index (χ0n) is 22.1. The minimum absolute atomic E-state index is 0.0407. The van der Waals surface area contributed by atoms with Gasteiger partial charge in [0.05, 0.1) is 5.69 Å². The molecule has 40 heavy (non-hydrogen) atoms. The van der Waals surface area contributed by atoms with Gasteiger partial charge in [0, 0.05) is 40.1 Å². The van der Waals surface area contributed by atoms with Crippen LogP contribution in [0.4, 0.5) is 23.0 Å². The molecule has 6 rings (SSSR count). The first-order valence-electron chi connectivity index (χ1n) is 13.4. The third-order valence-corrected chi connectivity index (χ3v) is 8.21. The number of nitrogens with one attached hydrogen (secondary N) is 1. The molecule has 2 saturated carbocycles. The third-order valence-electron chi connectivity index (χ3n) is 7.97. The summed E-state index contributed by atoms with van der Waals surface area (Å²) in [7, 11) is 0. The predicted octanol–water partition coefficient (Wildman–Crippen LogP) is 5.54. The van der Waals surface area contributed by atoms with Crippen molar-refractivity contribution in [2.45, 2.75) is 51.5 Å². The second-order valence-electron chi connectivity index (χ2n) is 10.6. The first-order chi connectivity index (χ1) is 19.3. The van der Waals surface area contributed by atoms with E-state index in [0.717, 1.165) is 36.6 Å². The zero-order chi connectivity index (χ0) is 28.0. The number of amides is 2. The maximum Gasteiger partial charge on any atom is 0.252 e. The van der Waals surface area contributed by atoms with Crippen molar-refractivity contribution in [2.75, 3.05) is 10.2 Å². The fourth-order valence-corrected chi connectivity index (χ4v) is 5.76. The molecule has 2 fully saturated rings. The maximum absolute atomic E-state index is 13.6. The topological polar surface area (TPSA) is 123 Å². The van der Waals surface area contributed by atoms with Gasteiger partial charge in [-0.25, -0.2) is 4.98 Å². The SMILES string of the molecule is Cc1cc(=O)n(C2CCCC2)c2nc(Nc3ccc(N(C(=O)C4(C(N)=O)CC4)c4cccc(Cl)c4)cc3)ncc12. The first kappa shape index (κ1) is 26.0. The number of aromatic nitrogens is 3. The number of rotatable bonds is 7. The minimum atomic E-state index is -1.20. The molecule has 2 aliphatic carbocycles. The van der Waals surface area contributed by atoms with Gasteiger partial charge in [0.1, 0.15) is 11.1 Å². The summed E-state index contributed by atoms with van der Waals surface area (Å²) in [6.45, 7) is 1.90. The number of carbonyl (C=O) groups excluding carboxylic acids is 2. The van der Waals surface area contributed by atoms with Gasteiger partial charge in [-0.15, -0.1) is 0 Å². The lowest BCUT2D eigenvalue weighted by Gasteiger charge is -2.27. The van der Waals surface area contributed by atoms with Gasteiger partial charge in [-0.2, -0.15) is 4.98 Å². The summed E-state index contributed by atoms with van der Waals surface area (Å²) >= 11 is 6.23. The number of hydrogen-bond acceptors (Lipinski definition) is 6. The second-order valence-corrected chi connectivity index (χ2v) is 11.1. The highest BCUT2D eigenvalue weighted by Gasteiger charge is 2.57. The standard InChI is InChI=1S/C30H29ClN6O3/c1-18-15-25(38)37(21-6-2-3-7-21)26-24(18)17-33-29(35-26)34-20-9-11-22(12-10-20)36(23-8-4-5-19(31)16-23)28(40)30(13-14-30)27(32)39/h4-5,8-12,15-17,21H,2-3,6-7,13-14H2,1H3,(H2,32,39)(H,33,34,35). The lowest BCUT2D eigenvalue weighted by Crippen LogP contribution is -2.41. The van der Waals surface area contributed by atoms with Crippen LogP contribution in [0, 0.1) is 12.3 Å². The van der Waals surface area contributed by atoms with E-state index in [2.05, 4.69) is 10.3 Å². The van der Waals surface area contributed by atoms with Gasteiger partial charge in [0.2, 0.25) is 17.8 Å². The summed E-state index contributed by atoms with van der Waals surface area (Å²) in [5.74, 6) is -0.630. The number of benzene rings is 2. The molecular weight excluding hydrogens is 528 g/mol. The summed E-state index contributed by atoms with van der Waals surface area (Å²) < 4.78 is 1.81. The van der Waals surface area contributed by atoms with Crippen LogP contribution in [0.25, 0.3) is 11.0 Å². The number of hydrogen-bond donors (Lipinski definition) is 2. The molecule has 0 bridgehead atoms. The molecule has 2 aliphatic rings. The molecule has 0 aliphatic heterocycles. The number of primary amides is 1. The molecule has 2 aromatic carbocycles. The quantitative estimate of drug-likeness (QED) is 0.288. The highest BCUT2D eigenvalue weighted by Crippen LogP contribution is 2.49. The van der Waals surface area contributed by atoms with Gasteiger partial charge in [-0.3, -0.25) is 23.9 Å². The van der Waals surface area contributed by atoms with Crippen LogP contribution in [0.5, 0.6) is 0 Å². The van der Waals surface area contributed by atoms with Crippen LogP contribution in [-0.2, 0) is 9.59 Å².